The van der Waals surface area contributed by atoms with Gasteiger partial charge in [0.15, 0.2) is 5.76 Å². The highest BCUT2D eigenvalue weighted by Crippen LogP contribution is 2.10. The van der Waals surface area contributed by atoms with Gasteiger partial charge in [0.25, 0.3) is 5.91 Å². The molecule has 0 saturated heterocycles. The number of amides is 2. The number of fused-ring (bicyclic) bond motifs is 1. The summed E-state index contributed by atoms with van der Waals surface area (Å²) in [5, 5.41) is 9.55. The molecule has 3 heterocycles. The van der Waals surface area contributed by atoms with E-state index in [-0.39, 0.29) is 42.9 Å². The van der Waals surface area contributed by atoms with Gasteiger partial charge in [0.2, 0.25) is 5.91 Å². The van der Waals surface area contributed by atoms with Gasteiger partial charge < -0.3 is 15.1 Å². The Bertz CT molecular complexity index is 790. The zero-order valence-electron chi connectivity index (χ0n) is 13.9. The number of carbonyl (C=O) groups excluding carboxylic acids is 2. The lowest BCUT2D eigenvalue weighted by molar-refractivity contribution is -0.121. The molecule has 9 heteroatoms. The predicted octanol–water partition coefficient (Wildman–Crippen LogP) is -0.0896. The molecule has 2 N–H and O–H groups in total. The van der Waals surface area contributed by atoms with Gasteiger partial charge in [-0.3, -0.25) is 14.2 Å². The summed E-state index contributed by atoms with van der Waals surface area (Å²) in [5.74, 6) is 0.314. The van der Waals surface area contributed by atoms with E-state index in [0.29, 0.717) is 6.54 Å². The minimum absolute atomic E-state index is 0.120. The Morgan fingerprint density at radius 1 is 1.20 bits per heavy atom. The van der Waals surface area contributed by atoms with Crippen molar-refractivity contribution in [3.8, 4) is 0 Å². The number of furan rings is 1. The van der Waals surface area contributed by atoms with Crippen molar-refractivity contribution in [1.82, 2.24) is 25.0 Å². The zero-order valence-corrected chi connectivity index (χ0v) is 13.9. The Balaban J connectivity index is 1.45. The van der Waals surface area contributed by atoms with Crippen LogP contribution in [0.5, 0.6) is 0 Å². The van der Waals surface area contributed by atoms with Crippen LogP contribution in [0.4, 0.5) is 0 Å². The quantitative estimate of drug-likeness (QED) is 0.710. The average Bonchev–Trinajstić information content (AvgIpc) is 3.16. The Hall–Kier alpha value is -2.84. The van der Waals surface area contributed by atoms with Gasteiger partial charge in [-0.2, -0.15) is 5.10 Å². The third-order valence-corrected chi connectivity index (χ3v) is 4.05. The van der Waals surface area contributed by atoms with Crippen LogP contribution >= 0.6 is 0 Å². The molecule has 2 aromatic heterocycles. The molecule has 0 radical (unpaired) electrons. The van der Waals surface area contributed by atoms with Crippen LogP contribution in [0, 0.1) is 0 Å². The molecule has 2 aromatic rings. The van der Waals surface area contributed by atoms with E-state index < -0.39 is 0 Å². The van der Waals surface area contributed by atoms with E-state index in [0.717, 1.165) is 31.5 Å². The van der Waals surface area contributed by atoms with Crippen LogP contribution in [-0.2, 0) is 24.3 Å². The fourth-order valence-corrected chi connectivity index (χ4v) is 2.79. The van der Waals surface area contributed by atoms with Crippen molar-refractivity contribution in [3.63, 3.8) is 0 Å². The second-order valence-corrected chi connectivity index (χ2v) is 5.90. The second kappa shape index (κ2) is 7.82. The molecule has 1 aliphatic rings. The molecule has 0 aliphatic carbocycles. The highest BCUT2D eigenvalue weighted by atomic mass is 16.3. The third kappa shape index (κ3) is 4.17. The lowest BCUT2D eigenvalue weighted by Gasteiger charge is -2.06. The highest BCUT2D eigenvalue weighted by Gasteiger charge is 2.17. The number of hydrogen-bond acceptors (Lipinski definition) is 5. The van der Waals surface area contributed by atoms with Crippen molar-refractivity contribution in [1.29, 1.82) is 0 Å². The van der Waals surface area contributed by atoms with Crippen molar-refractivity contribution >= 4 is 11.8 Å². The number of nitrogens with zero attached hydrogens (tertiary/aromatic N) is 3. The summed E-state index contributed by atoms with van der Waals surface area (Å²) in [4.78, 5) is 35.9. The Labute approximate surface area is 144 Å². The molecule has 2 amide bonds. The lowest BCUT2D eigenvalue weighted by Crippen LogP contribution is -2.38. The van der Waals surface area contributed by atoms with Crippen molar-refractivity contribution in [2.45, 2.75) is 38.8 Å². The lowest BCUT2D eigenvalue weighted by atomic mass is 10.2. The van der Waals surface area contributed by atoms with Crippen LogP contribution in [-0.4, -0.2) is 39.3 Å². The number of nitrogens with one attached hydrogen (secondary N) is 2. The van der Waals surface area contributed by atoms with Crippen molar-refractivity contribution in [2.24, 2.45) is 0 Å². The SMILES string of the molecule is O=C(Cn1nc2n(c1=O)CCCCC2)NCCNC(=O)c1ccco1. The largest absolute Gasteiger partial charge is 0.459 e. The van der Waals surface area contributed by atoms with Crippen LogP contribution in [0.3, 0.4) is 0 Å². The number of hydrogen-bond donors (Lipinski definition) is 2. The third-order valence-electron chi connectivity index (χ3n) is 4.05. The number of aryl methyl sites for hydroxylation is 1. The molecule has 1 aliphatic heterocycles. The maximum atomic E-state index is 12.3. The summed E-state index contributed by atoms with van der Waals surface area (Å²) in [7, 11) is 0. The van der Waals surface area contributed by atoms with Gasteiger partial charge in [0.1, 0.15) is 12.4 Å². The van der Waals surface area contributed by atoms with Gasteiger partial charge in [-0.15, -0.1) is 0 Å². The molecule has 0 atom stereocenters. The average molecular weight is 347 g/mol. The van der Waals surface area contributed by atoms with Crippen LogP contribution in [0.15, 0.2) is 27.6 Å². The van der Waals surface area contributed by atoms with E-state index in [2.05, 4.69) is 15.7 Å². The number of aromatic nitrogens is 3. The molecule has 134 valence electrons. The van der Waals surface area contributed by atoms with Gasteiger partial charge in [0.05, 0.1) is 6.26 Å². The first-order valence-electron chi connectivity index (χ1n) is 8.40. The van der Waals surface area contributed by atoms with Crippen LogP contribution in [0.25, 0.3) is 0 Å². The fraction of sp³-hybridized carbons (Fsp3) is 0.500. The van der Waals surface area contributed by atoms with E-state index in [1.165, 1.54) is 10.9 Å². The molecule has 3 rings (SSSR count). The first-order chi connectivity index (χ1) is 12.1. The molecule has 0 saturated carbocycles. The minimum atomic E-state index is -0.340. The monoisotopic (exact) mass is 347 g/mol. The normalized spacial score (nSPS) is 13.8. The first kappa shape index (κ1) is 17.0. The number of carbonyl (C=O) groups is 2. The van der Waals surface area contributed by atoms with Gasteiger partial charge in [-0.1, -0.05) is 6.42 Å². The molecule has 0 bridgehead atoms. The molecule has 0 spiro atoms. The topological polar surface area (TPSA) is 111 Å². The highest BCUT2D eigenvalue weighted by molar-refractivity contribution is 5.91. The van der Waals surface area contributed by atoms with Gasteiger partial charge in [0, 0.05) is 26.1 Å². The Morgan fingerprint density at radius 3 is 2.84 bits per heavy atom. The van der Waals surface area contributed by atoms with E-state index >= 15 is 0 Å². The first-order valence-corrected chi connectivity index (χ1v) is 8.40. The van der Waals surface area contributed by atoms with E-state index in [1.807, 2.05) is 0 Å². The zero-order chi connectivity index (χ0) is 17.6. The molecule has 9 nitrogen and oxygen atoms in total. The molecular formula is C16H21N5O4. The standard InChI is InChI=1S/C16H21N5O4/c22-14(17-7-8-18-15(23)12-5-4-10-25-12)11-21-16(24)20-9-3-1-2-6-13(20)19-21/h4-5,10H,1-3,6-9,11H2,(H,17,22)(H,18,23). The maximum Gasteiger partial charge on any atom is 0.346 e. The second-order valence-electron chi connectivity index (χ2n) is 5.90. The maximum absolute atomic E-state index is 12.3. The van der Waals surface area contributed by atoms with Gasteiger partial charge >= 0.3 is 5.69 Å². The number of rotatable bonds is 6. The summed E-state index contributed by atoms with van der Waals surface area (Å²) in [6.07, 6.45) is 5.24. The summed E-state index contributed by atoms with van der Waals surface area (Å²) >= 11 is 0. The van der Waals surface area contributed by atoms with Crippen molar-refractivity contribution in [2.75, 3.05) is 13.1 Å². The van der Waals surface area contributed by atoms with Crippen LogP contribution in [0.1, 0.15) is 35.6 Å². The van der Waals surface area contributed by atoms with Crippen LogP contribution < -0.4 is 16.3 Å². The summed E-state index contributed by atoms with van der Waals surface area (Å²) < 4.78 is 7.83. The van der Waals surface area contributed by atoms with E-state index in [4.69, 9.17) is 4.42 Å². The van der Waals surface area contributed by atoms with Gasteiger partial charge in [-0.25, -0.2) is 9.48 Å². The fourth-order valence-electron chi connectivity index (χ4n) is 2.79. The molecule has 25 heavy (non-hydrogen) atoms. The van der Waals surface area contributed by atoms with Gasteiger partial charge in [-0.05, 0) is 25.0 Å². The van der Waals surface area contributed by atoms with Crippen molar-refractivity contribution < 1.29 is 14.0 Å². The molecule has 0 fully saturated rings. The Kier molecular flexibility index (Phi) is 5.32. The molecule has 0 unspecified atom stereocenters. The summed E-state index contributed by atoms with van der Waals surface area (Å²) in [6, 6.07) is 3.18. The van der Waals surface area contributed by atoms with E-state index in [1.54, 1.807) is 16.7 Å². The smallest absolute Gasteiger partial charge is 0.346 e. The minimum Gasteiger partial charge on any atom is -0.459 e. The van der Waals surface area contributed by atoms with Crippen molar-refractivity contribution in [3.05, 3.63) is 40.5 Å². The summed E-state index contributed by atoms with van der Waals surface area (Å²) in [6.45, 7) is 1.06. The predicted molar refractivity (Wildman–Crippen MR) is 88.1 cm³/mol. The Morgan fingerprint density at radius 2 is 2.04 bits per heavy atom. The van der Waals surface area contributed by atoms with Crippen LogP contribution in [0.2, 0.25) is 0 Å². The molecular weight excluding hydrogens is 326 g/mol. The molecule has 0 aromatic carbocycles. The summed E-state index contributed by atoms with van der Waals surface area (Å²) in [5.41, 5.74) is -0.238. The van der Waals surface area contributed by atoms with E-state index in [9.17, 15) is 14.4 Å².